The predicted molar refractivity (Wildman–Crippen MR) is 83.9 cm³/mol. The van der Waals surface area contributed by atoms with Gasteiger partial charge in [0.1, 0.15) is 5.75 Å². The Hall–Kier alpha value is -2.25. The first-order valence-corrected chi connectivity index (χ1v) is 8.13. The molecule has 1 aromatic rings. The van der Waals surface area contributed by atoms with E-state index in [0.29, 0.717) is 12.3 Å². The number of nitrogens with one attached hydrogen (secondary N) is 1. The second-order valence-corrected chi connectivity index (χ2v) is 5.99. The van der Waals surface area contributed by atoms with Crippen molar-refractivity contribution in [2.75, 3.05) is 11.9 Å². The molecule has 0 atom stereocenters. The monoisotopic (exact) mass is 359 g/mol. The van der Waals surface area contributed by atoms with Crippen LogP contribution in [0.5, 0.6) is 5.75 Å². The maximum Gasteiger partial charge on any atom is 0.573 e. The van der Waals surface area contributed by atoms with Gasteiger partial charge in [-0.15, -0.1) is 13.2 Å². The van der Waals surface area contributed by atoms with Crippen molar-refractivity contribution in [3.63, 3.8) is 0 Å². The van der Waals surface area contributed by atoms with E-state index in [-0.39, 0.29) is 11.4 Å². The van der Waals surface area contributed by atoms with Gasteiger partial charge < -0.3 is 14.8 Å². The molecule has 1 amide bonds. The van der Waals surface area contributed by atoms with Gasteiger partial charge in [0.05, 0.1) is 0 Å². The van der Waals surface area contributed by atoms with Crippen LogP contribution in [0.1, 0.15) is 38.5 Å². The molecule has 1 aliphatic carbocycles. The van der Waals surface area contributed by atoms with Gasteiger partial charge in [-0.25, -0.2) is 0 Å². The smallest absolute Gasteiger partial charge is 0.456 e. The Kier molecular flexibility index (Phi) is 6.66. The van der Waals surface area contributed by atoms with E-state index in [1.165, 1.54) is 18.6 Å². The van der Waals surface area contributed by atoms with Crippen LogP contribution in [0.25, 0.3) is 0 Å². The minimum Gasteiger partial charge on any atom is -0.456 e. The summed E-state index contributed by atoms with van der Waals surface area (Å²) in [5.74, 6) is -1.02. The normalized spacial score (nSPS) is 15.5. The number of alkyl halides is 3. The third-order valence-corrected chi connectivity index (χ3v) is 3.92. The molecule has 0 unspecified atom stereocenters. The van der Waals surface area contributed by atoms with Gasteiger partial charge in [0.2, 0.25) is 0 Å². The zero-order chi connectivity index (χ0) is 18.3. The molecule has 0 saturated heterocycles. The minimum absolute atomic E-state index is 0.280. The third-order valence-electron chi connectivity index (χ3n) is 3.92. The number of benzene rings is 1. The lowest BCUT2D eigenvalue weighted by molar-refractivity contribution is -0.274. The second kappa shape index (κ2) is 8.73. The average molecular weight is 359 g/mol. The quantitative estimate of drug-likeness (QED) is 0.779. The number of carbonyl (C=O) groups is 2. The molecule has 1 aromatic carbocycles. The summed E-state index contributed by atoms with van der Waals surface area (Å²) in [7, 11) is 0. The van der Waals surface area contributed by atoms with Crippen molar-refractivity contribution in [1.82, 2.24) is 0 Å². The Labute approximate surface area is 143 Å². The van der Waals surface area contributed by atoms with E-state index >= 15 is 0 Å². The largest absolute Gasteiger partial charge is 0.573 e. The zero-order valence-corrected chi connectivity index (χ0v) is 13.6. The molecule has 0 heterocycles. The fraction of sp³-hybridized carbons (Fsp3) is 0.529. The molecule has 0 aliphatic heterocycles. The second-order valence-electron chi connectivity index (χ2n) is 5.99. The lowest BCUT2D eigenvalue weighted by Gasteiger charge is -2.20. The summed E-state index contributed by atoms with van der Waals surface area (Å²) in [6, 6.07) is 4.70. The Morgan fingerprint density at radius 1 is 1.08 bits per heavy atom. The van der Waals surface area contributed by atoms with Crippen molar-refractivity contribution >= 4 is 17.6 Å². The number of rotatable bonds is 6. The van der Waals surface area contributed by atoms with Crippen molar-refractivity contribution < 1.29 is 32.2 Å². The van der Waals surface area contributed by atoms with Crippen LogP contribution in [-0.2, 0) is 14.3 Å². The van der Waals surface area contributed by atoms with Crippen molar-refractivity contribution in [3.8, 4) is 5.75 Å². The summed E-state index contributed by atoms with van der Waals surface area (Å²) in [4.78, 5) is 23.4. The molecule has 5 nitrogen and oxygen atoms in total. The van der Waals surface area contributed by atoms with E-state index in [1.54, 1.807) is 0 Å². The van der Waals surface area contributed by atoms with Gasteiger partial charge in [-0.2, -0.15) is 0 Å². The summed E-state index contributed by atoms with van der Waals surface area (Å²) in [6.45, 7) is -0.424. The Morgan fingerprint density at radius 3 is 2.32 bits per heavy atom. The average Bonchev–Trinajstić information content (AvgIpc) is 2.54. The molecule has 1 fully saturated rings. The van der Waals surface area contributed by atoms with Crippen LogP contribution in [0.4, 0.5) is 18.9 Å². The van der Waals surface area contributed by atoms with Gasteiger partial charge in [0.15, 0.2) is 6.61 Å². The molecule has 0 bridgehead atoms. The highest BCUT2D eigenvalue weighted by atomic mass is 19.4. The number of amides is 1. The highest BCUT2D eigenvalue weighted by Crippen LogP contribution is 2.26. The molecular weight excluding hydrogens is 339 g/mol. The van der Waals surface area contributed by atoms with Crippen LogP contribution >= 0.6 is 0 Å². The van der Waals surface area contributed by atoms with Crippen LogP contribution in [-0.4, -0.2) is 24.8 Å². The van der Waals surface area contributed by atoms with Crippen molar-refractivity contribution in [1.29, 1.82) is 0 Å². The number of carbonyl (C=O) groups excluding carboxylic acids is 2. The molecule has 2 rings (SSSR count). The van der Waals surface area contributed by atoms with E-state index in [0.717, 1.165) is 37.8 Å². The van der Waals surface area contributed by atoms with Crippen LogP contribution < -0.4 is 10.1 Å². The van der Waals surface area contributed by atoms with Gasteiger partial charge >= 0.3 is 12.3 Å². The Morgan fingerprint density at radius 2 is 1.72 bits per heavy atom. The van der Waals surface area contributed by atoms with E-state index < -0.39 is 24.8 Å². The standard InChI is InChI=1S/C17H20F3NO4/c18-17(19,20)25-14-8-6-13(7-9-14)21-15(22)11-24-16(23)10-12-4-2-1-3-5-12/h6-9,12H,1-5,10-11H2,(H,21,22). The lowest BCUT2D eigenvalue weighted by atomic mass is 9.87. The van der Waals surface area contributed by atoms with E-state index in [2.05, 4.69) is 10.1 Å². The van der Waals surface area contributed by atoms with E-state index in [4.69, 9.17) is 4.74 Å². The predicted octanol–water partition coefficient (Wildman–Crippen LogP) is 4.04. The lowest BCUT2D eigenvalue weighted by Crippen LogP contribution is -2.22. The number of halogens is 3. The number of hydrogen-bond acceptors (Lipinski definition) is 4. The van der Waals surface area contributed by atoms with Gasteiger partial charge in [-0.3, -0.25) is 9.59 Å². The fourth-order valence-electron chi connectivity index (χ4n) is 2.77. The highest BCUT2D eigenvalue weighted by molar-refractivity contribution is 5.92. The van der Waals surface area contributed by atoms with Crippen molar-refractivity contribution in [3.05, 3.63) is 24.3 Å². The maximum absolute atomic E-state index is 12.1. The van der Waals surface area contributed by atoms with Gasteiger partial charge in [-0.05, 0) is 43.0 Å². The summed E-state index contributed by atoms with van der Waals surface area (Å²) in [5, 5.41) is 2.44. The zero-order valence-electron chi connectivity index (χ0n) is 13.6. The third kappa shape index (κ3) is 7.45. The summed E-state index contributed by atoms with van der Waals surface area (Å²) in [5.41, 5.74) is 0.280. The molecule has 8 heteroatoms. The Bertz CT molecular complexity index is 581. The summed E-state index contributed by atoms with van der Waals surface area (Å²) < 4.78 is 44.8. The molecule has 25 heavy (non-hydrogen) atoms. The van der Waals surface area contributed by atoms with E-state index in [9.17, 15) is 22.8 Å². The van der Waals surface area contributed by atoms with Crippen molar-refractivity contribution in [2.45, 2.75) is 44.9 Å². The number of anilines is 1. The summed E-state index contributed by atoms with van der Waals surface area (Å²) in [6.07, 6.45) is 0.995. The minimum atomic E-state index is -4.77. The molecule has 1 N–H and O–H groups in total. The van der Waals surface area contributed by atoms with Crippen LogP contribution in [0.2, 0.25) is 0 Å². The first-order valence-electron chi connectivity index (χ1n) is 8.13. The summed E-state index contributed by atoms with van der Waals surface area (Å²) >= 11 is 0. The number of ether oxygens (including phenoxy) is 2. The molecule has 0 radical (unpaired) electrons. The van der Waals surface area contributed by atoms with Gasteiger partial charge in [0, 0.05) is 12.1 Å². The first-order chi connectivity index (χ1) is 11.8. The first kappa shape index (κ1) is 19.1. The van der Waals surface area contributed by atoms with Crippen LogP contribution in [0, 0.1) is 5.92 Å². The molecule has 1 saturated carbocycles. The molecule has 138 valence electrons. The topological polar surface area (TPSA) is 64.6 Å². The molecule has 0 aromatic heterocycles. The van der Waals surface area contributed by atoms with Gasteiger partial charge in [-0.1, -0.05) is 19.3 Å². The van der Waals surface area contributed by atoms with Crippen LogP contribution in [0.15, 0.2) is 24.3 Å². The maximum atomic E-state index is 12.1. The number of hydrogen-bond donors (Lipinski definition) is 1. The molecular formula is C17H20F3NO4. The van der Waals surface area contributed by atoms with Gasteiger partial charge in [0.25, 0.3) is 5.91 Å². The fourth-order valence-corrected chi connectivity index (χ4v) is 2.77. The SMILES string of the molecule is O=C(COC(=O)CC1CCCCC1)Nc1ccc(OC(F)(F)F)cc1. The Balaban J connectivity index is 1.71. The number of esters is 1. The molecule has 0 spiro atoms. The highest BCUT2D eigenvalue weighted by Gasteiger charge is 2.31. The van der Waals surface area contributed by atoms with Crippen LogP contribution in [0.3, 0.4) is 0 Å². The molecule has 1 aliphatic rings. The van der Waals surface area contributed by atoms with Crippen molar-refractivity contribution in [2.24, 2.45) is 5.92 Å². The van der Waals surface area contributed by atoms with E-state index in [1.807, 2.05) is 0 Å².